The van der Waals surface area contributed by atoms with Crippen LogP contribution in [0, 0.1) is 5.92 Å². The highest BCUT2D eigenvalue weighted by molar-refractivity contribution is 5.77. The number of hydrogen-bond acceptors (Lipinski definition) is 7. The van der Waals surface area contributed by atoms with Crippen molar-refractivity contribution in [2.24, 2.45) is 11.7 Å². The van der Waals surface area contributed by atoms with Gasteiger partial charge in [0.15, 0.2) is 11.2 Å². The third kappa shape index (κ3) is 3.48. The molecule has 5 rings (SSSR count). The Kier molecular flexibility index (Phi) is 4.49. The molecule has 1 saturated heterocycles. The van der Waals surface area contributed by atoms with E-state index in [1.165, 1.54) is 18.5 Å². The van der Waals surface area contributed by atoms with Gasteiger partial charge >= 0.3 is 0 Å². The molecule has 0 bridgehead atoms. The standard InChI is InChI=1S/C20H24N8O/c21-18(29)13-3-4-14(11-13)23-20-22-12-17-19(24-20)28(26-25-17)16-7-5-15(6-8-16)27-9-1-2-10-27/h5-8,12-14H,1-4,9-11H2,(H2,21,29)(H,22,23,24). The van der Waals surface area contributed by atoms with Crippen LogP contribution in [0.2, 0.25) is 0 Å². The van der Waals surface area contributed by atoms with Crippen molar-refractivity contribution in [3.63, 3.8) is 0 Å². The van der Waals surface area contributed by atoms with E-state index in [9.17, 15) is 4.79 Å². The van der Waals surface area contributed by atoms with Crippen molar-refractivity contribution in [3.05, 3.63) is 30.5 Å². The number of rotatable bonds is 5. The maximum atomic E-state index is 11.4. The van der Waals surface area contributed by atoms with Gasteiger partial charge in [0.05, 0.1) is 11.9 Å². The lowest BCUT2D eigenvalue weighted by molar-refractivity contribution is -0.121. The molecule has 9 heteroatoms. The highest BCUT2D eigenvalue weighted by Gasteiger charge is 2.29. The number of anilines is 2. The van der Waals surface area contributed by atoms with Crippen molar-refractivity contribution in [3.8, 4) is 5.69 Å². The predicted octanol–water partition coefficient (Wildman–Crippen LogP) is 1.88. The van der Waals surface area contributed by atoms with Crippen LogP contribution in [-0.4, -0.2) is 50.0 Å². The average molecular weight is 392 g/mol. The lowest BCUT2D eigenvalue weighted by atomic mass is 10.1. The maximum absolute atomic E-state index is 11.4. The first kappa shape index (κ1) is 17.8. The molecule has 3 N–H and O–H groups in total. The third-order valence-electron chi connectivity index (χ3n) is 5.93. The summed E-state index contributed by atoms with van der Waals surface area (Å²) in [5, 5.41) is 11.8. The van der Waals surface area contributed by atoms with Crippen LogP contribution in [0.25, 0.3) is 16.9 Å². The van der Waals surface area contributed by atoms with Crippen molar-refractivity contribution in [1.82, 2.24) is 25.0 Å². The normalized spacial score (nSPS) is 21.7. The zero-order chi connectivity index (χ0) is 19.8. The zero-order valence-electron chi connectivity index (χ0n) is 16.2. The molecule has 1 amide bonds. The minimum atomic E-state index is -0.231. The number of nitrogens with zero attached hydrogens (tertiary/aromatic N) is 6. The van der Waals surface area contributed by atoms with Crippen LogP contribution >= 0.6 is 0 Å². The third-order valence-corrected chi connectivity index (χ3v) is 5.93. The summed E-state index contributed by atoms with van der Waals surface area (Å²) in [6, 6.07) is 8.49. The molecule has 1 aliphatic heterocycles. The van der Waals surface area contributed by atoms with Crippen molar-refractivity contribution in [2.45, 2.75) is 38.1 Å². The fourth-order valence-electron chi connectivity index (χ4n) is 4.31. The van der Waals surface area contributed by atoms with Gasteiger partial charge in [0.1, 0.15) is 0 Å². The first-order valence-electron chi connectivity index (χ1n) is 10.2. The number of primary amides is 1. The van der Waals surface area contributed by atoms with Gasteiger partial charge in [-0.1, -0.05) is 5.21 Å². The summed E-state index contributed by atoms with van der Waals surface area (Å²) >= 11 is 0. The molecule has 1 aliphatic carbocycles. The summed E-state index contributed by atoms with van der Waals surface area (Å²) in [5.74, 6) is 0.215. The van der Waals surface area contributed by atoms with Crippen LogP contribution in [0.4, 0.5) is 11.6 Å². The molecule has 150 valence electrons. The van der Waals surface area contributed by atoms with Gasteiger partial charge in [-0.05, 0) is 56.4 Å². The Morgan fingerprint density at radius 2 is 1.86 bits per heavy atom. The molecule has 2 aliphatic rings. The van der Waals surface area contributed by atoms with E-state index in [4.69, 9.17) is 5.73 Å². The van der Waals surface area contributed by atoms with Crippen molar-refractivity contribution >= 4 is 28.7 Å². The Labute approximate surface area is 168 Å². The molecule has 3 heterocycles. The monoisotopic (exact) mass is 392 g/mol. The summed E-state index contributed by atoms with van der Waals surface area (Å²) < 4.78 is 1.73. The summed E-state index contributed by atoms with van der Waals surface area (Å²) in [7, 11) is 0. The van der Waals surface area contributed by atoms with Crippen LogP contribution < -0.4 is 16.0 Å². The molecule has 9 nitrogen and oxygen atoms in total. The van der Waals surface area contributed by atoms with Gasteiger partial charge < -0.3 is 16.0 Å². The molecular weight excluding hydrogens is 368 g/mol. The second-order valence-corrected chi connectivity index (χ2v) is 7.87. The highest BCUT2D eigenvalue weighted by Crippen LogP contribution is 2.27. The lowest BCUT2D eigenvalue weighted by Gasteiger charge is -2.17. The van der Waals surface area contributed by atoms with Crippen LogP contribution in [0.15, 0.2) is 30.5 Å². The predicted molar refractivity (Wildman–Crippen MR) is 110 cm³/mol. The van der Waals surface area contributed by atoms with E-state index in [0.717, 1.165) is 31.6 Å². The number of nitrogens with two attached hydrogens (primary N) is 1. The van der Waals surface area contributed by atoms with Gasteiger partial charge in [0.25, 0.3) is 0 Å². The number of benzene rings is 1. The van der Waals surface area contributed by atoms with Crippen LogP contribution in [0.3, 0.4) is 0 Å². The summed E-state index contributed by atoms with van der Waals surface area (Å²) in [5.41, 5.74) is 8.87. The Bertz CT molecular complexity index is 1020. The van der Waals surface area contributed by atoms with E-state index in [1.54, 1.807) is 10.9 Å². The maximum Gasteiger partial charge on any atom is 0.225 e. The van der Waals surface area contributed by atoms with E-state index in [1.807, 2.05) is 12.1 Å². The molecule has 2 atom stereocenters. The zero-order valence-corrected chi connectivity index (χ0v) is 16.2. The minimum absolute atomic E-state index is 0.0717. The SMILES string of the molecule is NC(=O)C1CCC(Nc2ncc3nnn(-c4ccc(N5CCCC5)cc4)c3n2)C1. The molecule has 0 radical (unpaired) electrons. The molecule has 2 fully saturated rings. The quantitative estimate of drug-likeness (QED) is 0.681. The second kappa shape index (κ2) is 7.31. The average Bonchev–Trinajstić information content (AvgIpc) is 3.49. The highest BCUT2D eigenvalue weighted by atomic mass is 16.1. The number of carbonyl (C=O) groups excluding carboxylic acids is 1. The summed E-state index contributed by atoms with van der Waals surface area (Å²) in [6.07, 6.45) is 6.58. The Hall–Kier alpha value is -3.23. The van der Waals surface area contributed by atoms with Crippen molar-refractivity contribution in [2.75, 3.05) is 23.3 Å². The number of nitrogens with one attached hydrogen (secondary N) is 1. The first-order valence-corrected chi connectivity index (χ1v) is 10.2. The molecule has 0 spiro atoms. The van der Waals surface area contributed by atoms with Gasteiger partial charge in [-0.3, -0.25) is 4.79 Å². The topological polar surface area (TPSA) is 115 Å². The van der Waals surface area contributed by atoms with Gasteiger partial charge in [-0.2, -0.15) is 9.67 Å². The van der Waals surface area contributed by atoms with E-state index >= 15 is 0 Å². The van der Waals surface area contributed by atoms with Gasteiger partial charge in [-0.15, -0.1) is 5.10 Å². The van der Waals surface area contributed by atoms with Crippen molar-refractivity contribution < 1.29 is 4.79 Å². The molecule has 2 aromatic heterocycles. The number of carbonyl (C=O) groups is 1. The molecule has 1 aromatic carbocycles. The number of amides is 1. The fourth-order valence-corrected chi connectivity index (χ4v) is 4.31. The molecule has 29 heavy (non-hydrogen) atoms. The van der Waals surface area contributed by atoms with Crippen LogP contribution in [-0.2, 0) is 4.79 Å². The molecular formula is C20H24N8O. The fraction of sp³-hybridized carbons (Fsp3) is 0.450. The van der Waals surface area contributed by atoms with Gasteiger partial charge in [0.2, 0.25) is 11.9 Å². The molecule has 2 unspecified atom stereocenters. The van der Waals surface area contributed by atoms with Crippen molar-refractivity contribution in [1.29, 1.82) is 0 Å². The van der Waals surface area contributed by atoms with E-state index in [0.29, 0.717) is 23.5 Å². The smallest absolute Gasteiger partial charge is 0.225 e. The largest absolute Gasteiger partial charge is 0.372 e. The lowest BCUT2D eigenvalue weighted by Crippen LogP contribution is -2.23. The van der Waals surface area contributed by atoms with E-state index in [2.05, 4.69) is 42.6 Å². The summed E-state index contributed by atoms with van der Waals surface area (Å²) in [6.45, 7) is 2.23. The minimum Gasteiger partial charge on any atom is -0.372 e. The Morgan fingerprint density at radius 3 is 2.59 bits per heavy atom. The Morgan fingerprint density at radius 1 is 1.10 bits per heavy atom. The Balaban J connectivity index is 1.37. The summed E-state index contributed by atoms with van der Waals surface area (Å²) in [4.78, 5) is 22.8. The van der Waals surface area contributed by atoms with Gasteiger partial charge in [-0.25, -0.2) is 4.98 Å². The number of fused-ring (bicyclic) bond motifs is 1. The molecule has 3 aromatic rings. The van der Waals surface area contributed by atoms with Crippen LogP contribution in [0.5, 0.6) is 0 Å². The second-order valence-electron chi connectivity index (χ2n) is 7.87. The molecule has 1 saturated carbocycles. The first-order chi connectivity index (χ1) is 14.2. The number of hydrogen-bond donors (Lipinski definition) is 2. The van der Waals surface area contributed by atoms with E-state index in [-0.39, 0.29) is 17.9 Å². The van der Waals surface area contributed by atoms with Gasteiger partial charge in [0, 0.05) is 30.7 Å². The van der Waals surface area contributed by atoms with Crippen LogP contribution in [0.1, 0.15) is 32.1 Å². The number of aromatic nitrogens is 5. The van der Waals surface area contributed by atoms with E-state index < -0.39 is 0 Å².